The third-order valence-electron chi connectivity index (χ3n) is 6.24. The number of aromatic nitrogens is 1. The van der Waals surface area contributed by atoms with E-state index < -0.39 is 19.8 Å². The van der Waals surface area contributed by atoms with Gasteiger partial charge >= 0.3 is 173 Å². The van der Waals surface area contributed by atoms with Gasteiger partial charge in [0.2, 0.25) is 0 Å². The molecule has 2 fully saturated rings. The van der Waals surface area contributed by atoms with Crippen LogP contribution >= 0.6 is 31.4 Å². The molecule has 3 heterocycles. The molecule has 2 aromatic carbocycles. The van der Waals surface area contributed by atoms with E-state index >= 15 is 0 Å². The molecule has 2 saturated heterocycles. The predicted molar refractivity (Wildman–Crippen MR) is 120 cm³/mol. The molecule has 2 nitrogen and oxygen atoms in total. The van der Waals surface area contributed by atoms with Gasteiger partial charge in [-0.05, 0) is 0 Å². The summed E-state index contributed by atoms with van der Waals surface area (Å²) in [7, 11) is 0. The van der Waals surface area contributed by atoms with Crippen molar-refractivity contribution < 1.29 is 4.52 Å². The molecule has 140 valence electrons. The van der Waals surface area contributed by atoms with Crippen LogP contribution in [0.15, 0.2) is 65.2 Å². The molecule has 5 rings (SSSR count). The molecule has 1 aromatic heterocycles. The summed E-state index contributed by atoms with van der Waals surface area (Å²) in [6.07, 6.45) is 4.07. The molecule has 2 unspecified atom stereocenters. The summed E-state index contributed by atoms with van der Waals surface area (Å²) in [6, 6.07) is 21.0. The number of fused-ring (bicyclic) bond motifs is 2. The van der Waals surface area contributed by atoms with Crippen LogP contribution in [-0.2, 0) is 0 Å². The van der Waals surface area contributed by atoms with Crippen molar-refractivity contribution in [1.82, 2.24) is 5.16 Å². The first-order valence-electron chi connectivity index (χ1n) is 9.55. The SMILES string of the molecule is CI1C2CC[C@@H]1C[C@H](c1ccc(Cl)cc1)C2c1cc(-c2ccccc2)no1. The van der Waals surface area contributed by atoms with Crippen molar-refractivity contribution in [2.24, 2.45) is 0 Å². The molecular weight excluding hydrogens is 469 g/mol. The van der Waals surface area contributed by atoms with E-state index in [9.17, 15) is 0 Å². The standard InChI is InChI=1S/C23H23ClINO/c1-25-18-11-12-20(25)23(19(13-18)15-7-9-17(24)10-8-15)22-14-21(26-27-22)16-5-3-2-4-6-16/h2-10,14,18-20,23H,11-13H2,1H3/t18-,19-,20?,23?/m1/s1. The maximum atomic E-state index is 6.15. The maximum absolute atomic E-state index is 6.15. The molecule has 3 aromatic rings. The molecule has 0 aliphatic carbocycles. The van der Waals surface area contributed by atoms with E-state index in [1.54, 1.807) is 0 Å². The van der Waals surface area contributed by atoms with Crippen LogP contribution in [0.2, 0.25) is 5.02 Å². The van der Waals surface area contributed by atoms with Gasteiger partial charge in [-0.3, -0.25) is 0 Å². The summed E-state index contributed by atoms with van der Waals surface area (Å²) < 4.78 is 7.79. The molecule has 0 amide bonds. The minimum absolute atomic E-state index is 0.463. The summed E-state index contributed by atoms with van der Waals surface area (Å²) >= 11 is 5.21. The number of halogens is 2. The van der Waals surface area contributed by atoms with Crippen molar-refractivity contribution in [2.75, 3.05) is 4.93 Å². The average Bonchev–Trinajstić information content (AvgIpc) is 3.26. The van der Waals surface area contributed by atoms with Gasteiger partial charge in [-0.15, -0.1) is 0 Å². The monoisotopic (exact) mass is 491 g/mol. The van der Waals surface area contributed by atoms with Crippen LogP contribution in [0.25, 0.3) is 11.3 Å². The second-order valence-corrected chi connectivity index (χ2v) is 14.7. The van der Waals surface area contributed by atoms with Crippen molar-refractivity contribution in [3.63, 3.8) is 0 Å². The Bertz CT molecular complexity index is 923. The second kappa shape index (κ2) is 7.25. The fraction of sp³-hybridized carbons (Fsp3) is 0.348. The Balaban J connectivity index is 1.54. The van der Waals surface area contributed by atoms with Gasteiger partial charge in [0.05, 0.1) is 0 Å². The first-order valence-corrected chi connectivity index (χ1v) is 14.6. The van der Waals surface area contributed by atoms with Crippen LogP contribution in [0, 0.1) is 0 Å². The van der Waals surface area contributed by atoms with Crippen LogP contribution in [0.4, 0.5) is 0 Å². The molecule has 0 spiro atoms. The van der Waals surface area contributed by atoms with Crippen molar-refractivity contribution in [3.05, 3.63) is 77.0 Å². The first kappa shape index (κ1) is 17.7. The Morgan fingerprint density at radius 2 is 1.81 bits per heavy atom. The van der Waals surface area contributed by atoms with E-state index in [4.69, 9.17) is 16.1 Å². The van der Waals surface area contributed by atoms with Crippen molar-refractivity contribution in [2.45, 2.75) is 38.9 Å². The Morgan fingerprint density at radius 3 is 2.59 bits per heavy atom. The third-order valence-corrected chi connectivity index (χ3v) is 14.3. The van der Waals surface area contributed by atoms with Crippen LogP contribution in [0.1, 0.15) is 42.4 Å². The fourth-order valence-corrected chi connectivity index (χ4v) is 12.4. The zero-order chi connectivity index (χ0) is 18.4. The molecule has 4 heteroatoms. The van der Waals surface area contributed by atoms with Gasteiger partial charge in [0.25, 0.3) is 0 Å². The van der Waals surface area contributed by atoms with Crippen molar-refractivity contribution in [3.8, 4) is 11.3 Å². The molecule has 0 radical (unpaired) electrons. The van der Waals surface area contributed by atoms with Crippen LogP contribution in [0.5, 0.6) is 0 Å². The van der Waals surface area contributed by atoms with Gasteiger partial charge in [0.1, 0.15) is 0 Å². The number of hydrogen-bond donors (Lipinski definition) is 0. The summed E-state index contributed by atoms with van der Waals surface area (Å²) in [5.74, 6) is 2.07. The zero-order valence-corrected chi connectivity index (χ0v) is 18.2. The van der Waals surface area contributed by atoms with Gasteiger partial charge in [-0.25, -0.2) is 0 Å². The molecule has 0 saturated carbocycles. The van der Waals surface area contributed by atoms with Gasteiger partial charge in [-0.2, -0.15) is 0 Å². The second-order valence-electron chi connectivity index (χ2n) is 7.65. The summed E-state index contributed by atoms with van der Waals surface area (Å²) in [4.78, 5) is 2.59. The molecule has 27 heavy (non-hydrogen) atoms. The first-order chi connectivity index (χ1) is 13.2. The topological polar surface area (TPSA) is 26.0 Å². The fourth-order valence-electron chi connectivity index (χ4n) is 4.86. The number of benzene rings is 2. The third kappa shape index (κ3) is 3.23. The summed E-state index contributed by atoms with van der Waals surface area (Å²) in [6.45, 7) is 0. The number of hydrogen-bond acceptors (Lipinski definition) is 2. The molecule has 2 aliphatic rings. The van der Waals surface area contributed by atoms with E-state index in [1.807, 2.05) is 18.2 Å². The van der Waals surface area contributed by atoms with Crippen molar-refractivity contribution in [1.29, 1.82) is 0 Å². The summed E-state index contributed by atoms with van der Waals surface area (Å²) in [5, 5.41) is 5.24. The van der Waals surface area contributed by atoms with Crippen LogP contribution in [0.3, 0.4) is 0 Å². The quantitative estimate of drug-likeness (QED) is 0.293. The van der Waals surface area contributed by atoms with Gasteiger partial charge < -0.3 is 0 Å². The van der Waals surface area contributed by atoms with E-state index in [1.165, 1.54) is 24.8 Å². The number of nitrogens with zero attached hydrogens (tertiary/aromatic N) is 1. The number of rotatable bonds is 3. The van der Waals surface area contributed by atoms with Crippen LogP contribution < -0.4 is 0 Å². The Labute approximate surface area is 172 Å². The predicted octanol–water partition coefficient (Wildman–Crippen LogP) is 6.93. The van der Waals surface area contributed by atoms with Gasteiger partial charge in [0, 0.05) is 0 Å². The van der Waals surface area contributed by atoms with E-state index in [2.05, 4.69) is 52.6 Å². The minimum atomic E-state index is -0.942. The molecular formula is C23H23ClINO. The zero-order valence-electron chi connectivity index (χ0n) is 15.3. The average molecular weight is 492 g/mol. The van der Waals surface area contributed by atoms with E-state index in [0.29, 0.717) is 11.8 Å². The molecule has 0 N–H and O–H groups in total. The van der Waals surface area contributed by atoms with Crippen LogP contribution in [-0.4, -0.2) is 17.9 Å². The van der Waals surface area contributed by atoms with E-state index in [0.717, 1.165) is 29.9 Å². The van der Waals surface area contributed by atoms with Gasteiger partial charge in [0.15, 0.2) is 0 Å². The Hall–Kier alpha value is -1.33. The number of alkyl halides is 3. The molecule has 2 bridgehead atoms. The van der Waals surface area contributed by atoms with Crippen molar-refractivity contribution >= 4 is 31.4 Å². The summed E-state index contributed by atoms with van der Waals surface area (Å²) in [5.41, 5.74) is 3.49. The van der Waals surface area contributed by atoms with E-state index in [-0.39, 0.29) is 0 Å². The van der Waals surface area contributed by atoms with Gasteiger partial charge in [-0.1, -0.05) is 0 Å². The molecule has 2 aliphatic heterocycles. The Kier molecular flexibility index (Phi) is 4.76. The molecule has 4 atom stereocenters. The normalized spacial score (nSPS) is 28.4. The Morgan fingerprint density at radius 1 is 1.04 bits per heavy atom.